The zero-order valence-corrected chi connectivity index (χ0v) is 10.7. The topological polar surface area (TPSA) is 46.3 Å². The minimum atomic E-state index is -0.576. The lowest BCUT2D eigenvalue weighted by molar-refractivity contribution is -0.134. The molecule has 0 spiro atoms. The number of hydrogen-bond donors (Lipinski definition) is 1. The molecule has 0 aliphatic heterocycles. The van der Waals surface area contributed by atoms with Gasteiger partial charge in [-0.15, -0.1) is 0 Å². The van der Waals surface area contributed by atoms with E-state index in [1.807, 2.05) is 14.0 Å². The van der Waals surface area contributed by atoms with E-state index < -0.39 is 5.54 Å². The number of aryl methyl sites for hydroxylation is 1. The van der Waals surface area contributed by atoms with Crippen LogP contribution in [-0.2, 0) is 4.79 Å². The van der Waals surface area contributed by atoms with Gasteiger partial charge in [0.1, 0.15) is 0 Å². The molecule has 1 atom stereocenters. The van der Waals surface area contributed by atoms with E-state index in [0.29, 0.717) is 0 Å². The predicted octanol–water partition coefficient (Wildman–Crippen LogP) is 2.01. The maximum Gasteiger partial charge on any atom is 0.242 e. The summed E-state index contributed by atoms with van der Waals surface area (Å²) in [6.07, 6.45) is 1.63. The molecule has 92 valence electrons. The zero-order chi connectivity index (χ0) is 12.6. The fourth-order valence-electron chi connectivity index (χ4n) is 1.94. The number of likely N-dealkylation sites (N-methyl/N-ethyl adjacent to an activating group) is 1. The maximum absolute atomic E-state index is 12.1. The summed E-state index contributed by atoms with van der Waals surface area (Å²) in [7, 11) is 1.83. The van der Waals surface area contributed by atoms with Crippen molar-refractivity contribution in [3.8, 4) is 0 Å². The van der Waals surface area contributed by atoms with E-state index in [4.69, 9.17) is 5.73 Å². The van der Waals surface area contributed by atoms with Crippen molar-refractivity contribution in [3.05, 3.63) is 35.4 Å². The van der Waals surface area contributed by atoms with Gasteiger partial charge < -0.3 is 10.6 Å². The minimum absolute atomic E-state index is 0.0607. The normalized spacial score (nSPS) is 18.6. The van der Waals surface area contributed by atoms with Gasteiger partial charge in [-0.1, -0.05) is 29.8 Å². The molecule has 0 saturated heterocycles. The molecule has 1 amide bonds. The molecular weight excluding hydrogens is 212 g/mol. The number of benzene rings is 1. The van der Waals surface area contributed by atoms with Crippen LogP contribution >= 0.6 is 0 Å². The van der Waals surface area contributed by atoms with Gasteiger partial charge in [0.25, 0.3) is 0 Å². The number of amides is 1. The van der Waals surface area contributed by atoms with Gasteiger partial charge in [-0.2, -0.15) is 0 Å². The van der Waals surface area contributed by atoms with Gasteiger partial charge in [0.05, 0.1) is 11.6 Å². The van der Waals surface area contributed by atoms with Crippen molar-refractivity contribution in [1.82, 2.24) is 4.90 Å². The Bertz CT molecular complexity index is 420. The van der Waals surface area contributed by atoms with Gasteiger partial charge in [0.15, 0.2) is 0 Å². The molecule has 1 aliphatic rings. The smallest absolute Gasteiger partial charge is 0.242 e. The summed E-state index contributed by atoms with van der Waals surface area (Å²) in [5.41, 5.74) is 7.74. The van der Waals surface area contributed by atoms with Crippen molar-refractivity contribution in [1.29, 1.82) is 0 Å². The van der Waals surface area contributed by atoms with Gasteiger partial charge in [-0.3, -0.25) is 4.79 Å². The Labute approximate surface area is 103 Å². The maximum atomic E-state index is 12.1. The Balaban J connectivity index is 2.11. The predicted molar refractivity (Wildman–Crippen MR) is 68.5 cm³/mol. The molecule has 1 aliphatic carbocycles. The number of nitrogens with zero attached hydrogens (tertiary/aromatic N) is 1. The molecule has 0 aromatic heterocycles. The number of rotatable bonds is 3. The summed E-state index contributed by atoms with van der Waals surface area (Å²) >= 11 is 0. The Morgan fingerprint density at radius 2 is 1.88 bits per heavy atom. The largest absolute Gasteiger partial charge is 0.337 e. The highest BCUT2D eigenvalue weighted by atomic mass is 16.2. The summed E-state index contributed by atoms with van der Waals surface area (Å²) in [6.45, 7) is 4.09. The molecule has 0 heterocycles. The lowest BCUT2D eigenvalue weighted by atomic mass is 10.0. The van der Waals surface area contributed by atoms with Gasteiger partial charge in [-0.25, -0.2) is 0 Å². The Kier molecular flexibility index (Phi) is 2.96. The molecule has 3 heteroatoms. The Hall–Kier alpha value is -1.35. The number of carbonyl (C=O) groups excluding carboxylic acids is 1. The van der Waals surface area contributed by atoms with Crippen LogP contribution in [0.1, 0.15) is 36.9 Å². The van der Waals surface area contributed by atoms with Gasteiger partial charge in [0.2, 0.25) is 5.91 Å². The molecule has 2 rings (SSSR count). The van der Waals surface area contributed by atoms with Crippen LogP contribution in [0.2, 0.25) is 0 Å². The summed E-state index contributed by atoms with van der Waals surface area (Å²) in [5, 5.41) is 0. The van der Waals surface area contributed by atoms with E-state index in [2.05, 4.69) is 31.2 Å². The quantitative estimate of drug-likeness (QED) is 0.866. The molecule has 0 radical (unpaired) electrons. The van der Waals surface area contributed by atoms with E-state index in [9.17, 15) is 4.79 Å². The summed E-state index contributed by atoms with van der Waals surface area (Å²) in [6, 6.07) is 8.35. The van der Waals surface area contributed by atoms with Gasteiger partial charge in [0, 0.05) is 7.05 Å². The van der Waals surface area contributed by atoms with Crippen molar-refractivity contribution in [2.24, 2.45) is 5.73 Å². The second-order valence-electron chi connectivity index (χ2n) is 5.16. The van der Waals surface area contributed by atoms with Crippen molar-refractivity contribution in [3.63, 3.8) is 0 Å². The summed E-state index contributed by atoms with van der Waals surface area (Å²) in [4.78, 5) is 13.9. The molecule has 1 aromatic rings. The van der Waals surface area contributed by atoms with E-state index in [1.165, 1.54) is 5.56 Å². The second-order valence-corrected chi connectivity index (χ2v) is 5.16. The molecule has 1 saturated carbocycles. The summed E-state index contributed by atoms with van der Waals surface area (Å²) < 4.78 is 0. The third-order valence-corrected chi connectivity index (χ3v) is 3.68. The van der Waals surface area contributed by atoms with Crippen molar-refractivity contribution in [2.75, 3.05) is 7.05 Å². The highest BCUT2D eigenvalue weighted by Crippen LogP contribution is 2.35. The Morgan fingerprint density at radius 1 is 1.35 bits per heavy atom. The first-order chi connectivity index (χ1) is 7.94. The lowest BCUT2D eigenvalue weighted by Gasteiger charge is -2.28. The summed E-state index contributed by atoms with van der Waals surface area (Å²) in [5.74, 6) is 0.0607. The van der Waals surface area contributed by atoms with Crippen LogP contribution in [0.3, 0.4) is 0 Å². The average Bonchev–Trinajstić information content (AvgIpc) is 3.07. The van der Waals surface area contributed by atoms with Crippen molar-refractivity contribution >= 4 is 5.91 Å². The molecule has 0 bridgehead atoms. The van der Waals surface area contributed by atoms with Crippen molar-refractivity contribution in [2.45, 2.75) is 38.3 Å². The lowest BCUT2D eigenvalue weighted by Crippen LogP contribution is -2.44. The number of hydrogen-bond acceptors (Lipinski definition) is 2. The monoisotopic (exact) mass is 232 g/mol. The fraction of sp³-hybridized carbons (Fsp3) is 0.500. The minimum Gasteiger partial charge on any atom is -0.337 e. The standard InChI is InChI=1S/C14H20N2O/c1-10-4-6-12(7-5-10)11(2)16(3)13(17)14(15)8-9-14/h4-7,11H,8-9,15H2,1-3H3. The third-order valence-electron chi connectivity index (χ3n) is 3.68. The van der Waals surface area contributed by atoms with E-state index in [0.717, 1.165) is 18.4 Å². The highest BCUT2D eigenvalue weighted by molar-refractivity contribution is 5.89. The number of carbonyl (C=O) groups is 1. The SMILES string of the molecule is Cc1ccc(C(C)N(C)C(=O)C2(N)CC2)cc1. The average molecular weight is 232 g/mol. The van der Waals surface area contributed by atoms with Crippen LogP contribution in [0.25, 0.3) is 0 Å². The highest BCUT2D eigenvalue weighted by Gasteiger charge is 2.48. The first-order valence-electron chi connectivity index (χ1n) is 6.07. The zero-order valence-electron chi connectivity index (χ0n) is 10.7. The molecule has 17 heavy (non-hydrogen) atoms. The van der Waals surface area contributed by atoms with Crippen molar-refractivity contribution < 1.29 is 4.79 Å². The Morgan fingerprint density at radius 3 is 2.35 bits per heavy atom. The van der Waals surface area contributed by atoms with Crippen LogP contribution in [-0.4, -0.2) is 23.4 Å². The van der Waals surface area contributed by atoms with Gasteiger partial charge >= 0.3 is 0 Å². The fourth-order valence-corrected chi connectivity index (χ4v) is 1.94. The van der Waals surface area contributed by atoms with E-state index in [-0.39, 0.29) is 11.9 Å². The molecule has 3 nitrogen and oxygen atoms in total. The number of nitrogens with two attached hydrogens (primary N) is 1. The van der Waals surface area contributed by atoms with Crippen LogP contribution in [0, 0.1) is 6.92 Å². The molecule has 2 N–H and O–H groups in total. The first kappa shape index (κ1) is 12.1. The van der Waals surface area contributed by atoms with Crippen LogP contribution < -0.4 is 5.73 Å². The first-order valence-corrected chi connectivity index (χ1v) is 6.07. The molecule has 1 aromatic carbocycles. The van der Waals surface area contributed by atoms with E-state index >= 15 is 0 Å². The van der Waals surface area contributed by atoms with Gasteiger partial charge in [-0.05, 0) is 32.3 Å². The van der Waals surface area contributed by atoms with Crippen LogP contribution in [0.5, 0.6) is 0 Å². The van der Waals surface area contributed by atoms with E-state index in [1.54, 1.807) is 4.90 Å². The third kappa shape index (κ3) is 2.34. The van der Waals surface area contributed by atoms with Crippen LogP contribution in [0.4, 0.5) is 0 Å². The van der Waals surface area contributed by atoms with Crippen LogP contribution in [0.15, 0.2) is 24.3 Å². The molecular formula is C14H20N2O. The second kappa shape index (κ2) is 4.15. The molecule has 1 fully saturated rings. The molecule has 1 unspecified atom stereocenters.